The molecule has 0 saturated carbocycles. The summed E-state index contributed by atoms with van der Waals surface area (Å²) in [6, 6.07) is 1.27. The maximum atomic E-state index is 11.4. The largest absolute Gasteiger partial charge is 0.342 e. The first kappa shape index (κ1) is 13.5. The Bertz CT molecular complexity index is 428. The highest BCUT2D eigenvalue weighted by Crippen LogP contribution is 2.32. The van der Waals surface area contributed by atoms with Crippen LogP contribution in [0.15, 0.2) is 15.6 Å². The number of Topliss-reactive ketones (excluding diaryl/α,β-unsaturated/α-hetero) is 1. The monoisotopic (exact) mass is 353 g/mol. The van der Waals surface area contributed by atoms with Crippen LogP contribution >= 0.6 is 50.7 Å². The number of aromatic nitrogens is 1. The fraction of sp³-hybridized carbons (Fsp3) is 0.167. The lowest BCUT2D eigenvalue weighted by molar-refractivity contribution is 0.0992. The van der Waals surface area contributed by atoms with Crippen LogP contribution in [0.3, 0.4) is 0 Å². The van der Waals surface area contributed by atoms with Crippen LogP contribution in [0.1, 0.15) is 10.5 Å². The number of carbonyl (C=O) groups is 1. The lowest BCUT2D eigenvalue weighted by Crippen LogP contribution is -2.19. The Morgan fingerprint density at radius 3 is 2.40 bits per heavy atom. The average Bonchev–Trinajstić information content (AvgIpc) is 2.44. The van der Waals surface area contributed by atoms with Gasteiger partial charge in [0.15, 0.2) is 0 Å². The average molecular weight is 355 g/mol. The second-order valence-electron chi connectivity index (χ2n) is 2.44. The van der Waals surface area contributed by atoms with Gasteiger partial charge in [-0.1, -0.05) is 34.8 Å². The lowest BCUT2D eigenvalue weighted by atomic mass is 10.3. The number of hydrogen-bond acceptors (Lipinski definition) is 2. The van der Waals surface area contributed by atoms with Gasteiger partial charge in [0, 0.05) is 0 Å². The van der Waals surface area contributed by atoms with Crippen LogP contribution in [-0.2, 0) is 11.1 Å². The zero-order valence-electron chi connectivity index (χ0n) is 6.76. The summed E-state index contributed by atoms with van der Waals surface area (Å²) >= 11 is 16.8. The van der Waals surface area contributed by atoms with Crippen LogP contribution in [0, 0.1) is 0 Å². The molecule has 0 saturated heterocycles. The molecule has 0 aliphatic heterocycles. The summed E-state index contributed by atoms with van der Waals surface area (Å²) in [6.07, 6.45) is 0. The van der Waals surface area contributed by atoms with Gasteiger partial charge < -0.3 is 9.54 Å². The molecule has 1 aromatic rings. The van der Waals surface area contributed by atoms with Gasteiger partial charge >= 0.3 is 0 Å². The van der Waals surface area contributed by atoms with Crippen molar-refractivity contribution in [2.75, 3.05) is 0 Å². The van der Waals surface area contributed by atoms with Crippen LogP contribution in [0.25, 0.3) is 0 Å². The molecule has 0 amide bonds. The smallest absolute Gasteiger partial charge is 0.254 e. The van der Waals surface area contributed by atoms with E-state index < -0.39 is 20.7 Å². The van der Waals surface area contributed by atoms with Gasteiger partial charge in [-0.05, 0) is 22.0 Å². The van der Waals surface area contributed by atoms with Gasteiger partial charge in [0.1, 0.15) is 5.03 Å². The highest BCUT2D eigenvalue weighted by atomic mass is 79.9. The lowest BCUT2D eigenvalue weighted by Gasteiger charge is -2.06. The molecular weight excluding hydrogens is 352 g/mol. The third kappa shape index (κ3) is 3.18. The van der Waals surface area contributed by atoms with Crippen LogP contribution < -0.4 is 0 Å². The van der Waals surface area contributed by atoms with Crippen LogP contribution in [0.2, 0.25) is 0 Å². The first-order chi connectivity index (χ1) is 6.73. The van der Waals surface area contributed by atoms with Gasteiger partial charge in [-0.25, -0.2) is 4.21 Å². The molecule has 0 spiro atoms. The highest BCUT2D eigenvalue weighted by Gasteiger charge is 2.33. The van der Waals surface area contributed by atoms with E-state index in [1.165, 1.54) is 6.07 Å². The van der Waals surface area contributed by atoms with Crippen molar-refractivity contribution in [1.29, 1.82) is 0 Å². The van der Waals surface area contributed by atoms with E-state index in [2.05, 4.69) is 20.9 Å². The Kier molecular flexibility index (Phi) is 4.25. The number of rotatable bonds is 2. The number of aromatic amines is 1. The Morgan fingerprint density at radius 2 is 2.07 bits per heavy atom. The maximum Gasteiger partial charge on any atom is 0.254 e. The molecule has 0 fully saturated rings. The first-order valence-electron chi connectivity index (χ1n) is 3.34. The van der Waals surface area contributed by atoms with Crippen molar-refractivity contribution in [1.82, 2.24) is 4.98 Å². The van der Waals surface area contributed by atoms with E-state index in [1.807, 2.05) is 0 Å². The number of carbonyl (C=O) groups excluding carboxylic acids is 1. The molecule has 15 heavy (non-hydrogen) atoms. The molecule has 1 rings (SSSR count). The number of alkyl halides is 3. The molecule has 2 N–H and O–H groups in total. The van der Waals surface area contributed by atoms with Gasteiger partial charge in [-0.15, -0.1) is 0 Å². The van der Waals surface area contributed by atoms with Crippen molar-refractivity contribution in [2.45, 2.75) is 8.82 Å². The van der Waals surface area contributed by atoms with E-state index in [-0.39, 0.29) is 15.2 Å². The minimum atomic E-state index is -2.25. The van der Waals surface area contributed by atoms with E-state index in [4.69, 9.17) is 39.4 Å². The topological polar surface area (TPSA) is 70.2 Å². The number of ketones is 1. The molecule has 4 nitrogen and oxygen atoms in total. The molecular formula is C6H3BrCl3NO3S. The van der Waals surface area contributed by atoms with Crippen molar-refractivity contribution in [3.05, 3.63) is 16.2 Å². The number of H-pyrrole nitrogens is 1. The molecule has 1 atom stereocenters. The minimum Gasteiger partial charge on any atom is -0.342 e. The van der Waals surface area contributed by atoms with E-state index in [1.54, 1.807) is 0 Å². The predicted octanol–water partition coefficient (Wildman–Crippen LogP) is 2.91. The van der Waals surface area contributed by atoms with E-state index >= 15 is 0 Å². The highest BCUT2D eigenvalue weighted by molar-refractivity contribution is 9.10. The second-order valence-corrected chi connectivity index (χ2v) is 6.48. The minimum absolute atomic E-state index is 0.0562. The van der Waals surface area contributed by atoms with Gasteiger partial charge in [0.25, 0.3) is 3.79 Å². The van der Waals surface area contributed by atoms with E-state index in [0.717, 1.165) is 0 Å². The number of nitrogens with one attached hydrogen (secondary N) is 1. The molecule has 0 aliphatic carbocycles. The second kappa shape index (κ2) is 4.73. The van der Waals surface area contributed by atoms with Crippen molar-refractivity contribution in [3.8, 4) is 0 Å². The van der Waals surface area contributed by atoms with Gasteiger partial charge in [0.05, 0.1) is 10.2 Å². The Labute approximate surface area is 111 Å². The van der Waals surface area contributed by atoms with Gasteiger partial charge in [-0.3, -0.25) is 4.79 Å². The first-order valence-corrected chi connectivity index (χ1v) is 6.37. The van der Waals surface area contributed by atoms with Gasteiger partial charge in [-0.2, -0.15) is 0 Å². The number of hydrogen-bond donors (Lipinski definition) is 2. The summed E-state index contributed by atoms with van der Waals surface area (Å²) in [4.78, 5) is 13.8. The van der Waals surface area contributed by atoms with E-state index in [0.29, 0.717) is 0 Å². The molecule has 9 heteroatoms. The maximum absolute atomic E-state index is 11.4. The van der Waals surface area contributed by atoms with Gasteiger partial charge in [0.2, 0.25) is 16.9 Å². The molecule has 1 aromatic heterocycles. The molecule has 1 unspecified atom stereocenters. The number of halogens is 4. The molecule has 0 radical (unpaired) electrons. The van der Waals surface area contributed by atoms with Crippen LogP contribution in [-0.4, -0.2) is 23.3 Å². The predicted molar refractivity (Wildman–Crippen MR) is 62.2 cm³/mol. The Morgan fingerprint density at radius 1 is 1.53 bits per heavy atom. The van der Waals surface area contributed by atoms with Crippen LogP contribution in [0.4, 0.5) is 0 Å². The summed E-state index contributed by atoms with van der Waals surface area (Å²) in [6.45, 7) is 0. The Hall–Kier alpha value is 0.410. The summed E-state index contributed by atoms with van der Waals surface area (Å²) in [5.41, 5.74) is -0.0562. The fourth-order valence-corrected chi connectivity index (χ4v) is 2.28. The summed E-state index contributed by atoms with van der Waals surface area (Å²) < 4.78 is 17.7. The van der Waals surface area contributed by atoms with Crippen molar-refractivity contribution in [3.63, 3.8) is 0 Å². The van der Waals surface area contributed by atoms with Crippen molar-refractivity contribution < 1.29 is 13.6 Å². The third-order valence-electron chi connectivity index (χ3n) is 1.41. The SMILES string of the molecule is O=C(c1cc(Br)c(S(=O)O)[nH]1)C(Cl)(Cl)Cl. The Balaban J connectivity index is 3.14. The summed E-state index contributed by atoms with van der Waals surface area (Å²) in [5.74, 6) is -0.801. The molecule has 0 bridgehead atoms. The van der Waals surface area contributed by atoms with Crippen LogP contribution in [0.5, 0.6) is 0 Å². The fourth-order valence-electron chi connectivity index (χ4n) is 0.812. The summed E-state index contributed by atoms with van der Waals surface area (Å²) in [7, 11) is 0. The quantitative estimate of drug-likeness (QED) is 0.487. The molecule has 0 aliphatic rings. The standard InChI is InChI=1S/C6H3BrCl3NO3S/c7-2-1-3(4(12)6(8,9)10)11-5(2)15(13)14/h1,11H,(H,13,14). The molecule has 1 heterocycles. The third-order valence-corrected chi connectivity index (χ3v) is 3.49. The van der Waals surface area contributed by atoms with E-state index in [9.17, 15) is 9.00 Å². The van der Waals surface area contributed by atoms with Crippen molar-refractivity contribution >= 4 is 67.6 Å². The molecule has 84 valence electrons. The summed E-state index contributed by atoms with van der Waals surface area (Å²) in [5, 5.41) is -0.0624. The zero-order chi connectivity index (χ0) is 11.8. The zero-order valence-corrected chi connectivity index (χ0v) is 11.4. The van der Waals surface area contributed by atoms with Crippen molar-refractivity contribution in [2.24, 2.45) is 0 Å². The normalized spacial score (nSPS) is 13.9. The molecule has 0 aromatic carbocycles.